The molecule has 62 valence electrons. The van der Waals surface area contributed by atoms with Crippen molar-refractivity contribution >= 4 is 20.0 Å². The summed E-state index contributed by atoms with van der Waals surface area (Å²) in [7, 11) is -3.18. The first-order valence-corrected chi connectivity index (χ1v) is 3.63. The summed E-state index contributed by atoms with van der Waals surface area (Å²) in [6, 6.07) is 0. The van der Waals surface area contributed by atoms with Gasteiger partial charge in [0.1, 0.15) is 0 Å². The molecule has 0 saturated heterocycles. The van der Waals surface area contributed by atoms with Crippen molar-refractivity contribution in [3.63, 3.8) is 0 Å². The summed E-state index contributed by atoms with van der Waals surface area (Å²) in [6.07, 6.45) is -1.45. The van der Waals surface area contributed by atoms with Gasteiger partial charge in [0.15, 0.2) is 6.10 Å². The summed E-state index contributed by atoms with van der Waals surface area (Å²) in [6.45, 7) is 1.04. The molecule has 0 aromatic heterocycles. The van der Waals surface area contributed by atoms with Gasteiger partial charge >= 0.3 is 14.2 Å². The Balaban J connectivity index is 4.03. The lowest BCUT2D eigenvalue weighted by atomic mass is 10.3. The highest BCUT2D eigenvalue weighted by atomic mass is 31.1. The van der Waals surface area contributed by atoms with Crippen molar-refractivity contribution < 1.29 is 28.7 Å². The SMILES string of the molecule is CC(O[P+](=O)[O-])C(=O)C(=O)O. The Morgan fingerprint density at radius 1 is 1.64 bits per heavy atom. The molecule has 0 aliphatic heterocycles. The van der Waals surface area contributed by atoms with Gasteiger partial charge in [0, 0.05) is 0 Å². The lowest BCUT2D eigenvalue weighted by Gasteiger charge is -1.98. The summed E-state index contributed by atoms with van der Waals surface area (Å²) >= 11 is 0. The first-order valence-electron chi connectivity index (χ1n) is 2.53. The van der Waals surface area contributed by atoms with Crippen LogP contribution in [0.5, 0.6) is 0 Å². The van der Waals surface area contributed by atoms with E-state index in [4.69, 9.17) is 5.11 Å². The van der Waals surface area contributed by atoms with E-state index in [1.165, 1.54) is 0 Å². The smallest absolute Gasteiger partial charge is 0.489 e. The van der Waals surface area contributed by atoms with E-state index >= 15 is 0 Å². The largest absolute Gasteiger partial charge is 0.566 e. The molecule has 0 heterocycles. The van der Waals surface area contributed by atoms with Crippen molar-refractivity contribution in [1.29, 1.82) is 0 Å². The number of carboxylic acids is 1. The van der Waals surface area contributed by atoms with Gasteiger partial charge in [-0.1, -0.05) is 0 Å². The van der Waals surface area contributed by atoms with E-state index in [2.05, 4.69) is 4.52 Å². The topological polar surface area (TPSA) is 104 Å². The van der Waals surface area contributed by atoms with E-state index < -0.39 is 26.1 Å². The zero-order valence-corrected chi connectivity index (χ0v) is 6.41. The van der Waals surface area contributed by atoms with Crippen LogP contribution in [0.15, 0.2) is 0 Å². The highest BCUT2D eigenvalue weighted by Gasteiger charge is 2.26. The molecule has 6 nitrogen and oxygen atoms in total. The zero-order valence-electron chi connectivity index (χ0n) is 5.51. The molecule has 0 fully saturated rings. The van der Waals surface area contributed by atoms with Gasteiger partial charge in [-0.3, -0.25) is 4.79 Å². The number of carboxylic acid groups (broad SMARTS) is 1. The molecule has 0 saturated carbocycles. The van der Waals surface area contributed by atoms with Gasteiger partial charge in [0.05, 0.1) is 0 Å². The second-order valence-electron chi connectivity index (χ2n) is 1.64. The third-order valence-corrected chi connectivity index (χ3v) is 1.31. The van der Waals surface area contributed by atoms with E-state index in [0.29, 0.717) is 0 Å². The van der Waals surface area contributed by atoms with Gasteiger partial charge in [-0.15, -0.1) is 4.52 Å². The fraction of sp³-hybridized carbons (Fsp3) is 0.500. The number of rotatable bonds is 4. The summed E-state index contributed by atoms with van der Waals surface area (Å²) in [5.74, 6) is -3.00. The molecule has 0 aromatic carbocycles. The molecule has 0 aliphatic rings. The maximum atomic E-state index is 10.4. The fourth-order valence-corrected chi connectivity index (χ4v) is 0.705. The minimum absolute atomic E-state index is 1.04. The van der Waals surface area contributed by atoms with Crippen LogP contribution in [0.4, 0.5) is 0 Å². The molecule has 0 aromatic rings. The van der Waals surface area contributed by atoms with Crippen molar-refractivity contribution in [2.24, 2.45) is 0 Å². The van der Waals surface area contributed by atoms with Crippen LogP contribution in [0, 0.1) is 0 Å². The molecule has 1 N–H and O–H groups in total. The average Bonchev–Trinajstić information content (AvgIpc) is 1.84. The Hall–Kier alpha value is -0.840. The molecular formula is C4H5O6P. The first-order chi connectivity index (χ1) is 4.95. The van der Waals surface area contributed by atoms with E-state index in [1.54, 1.807) is 0 Å². The minimum Gasteiger partial charge on any atom is -0.566 e. The van der Waals surface area contributed by atoms with Gasteiger partial charge in [0.2, 0.25) is 0 Å². The fourth-order valence-electron chi connectivity index (χ4n) is 0.351. The Bertz CT molecular complexity index is 199. The normalized spacial score (nSPS) is 13.8. The number of hydrogen-bond acceptors (Lipinski definition) is 5. The summed E-state index contributed by atoms with van der Waals surface area (Å²) in [5.41, 5.74) is 0. The highest BCUT2D eigenvalue weighted by molar-refractivity contribution is 7.30. The van der Waals surface area contributed by atoms with E-state index in [9.17, 15) is 19.0 Å². The molecular weight excluding hydrogens is 175 g/mol. The van der Waals surface area contributed by atoms with Crippen LogP contribution in [0.1, 0.15) is 6.92 Å². The summed E-state index contributed by atoms with van der Waals surface area (Å²) in [4.78, 5) is 30.1. The molecule has 7 heteroatoms. The summed E-state index contributed by atoms with van der Waals surface area (Å²) in [5, 5.41) is 8.04. The Morgan fingerprint density at radius 3 is 2.36 bits per heavy atom. The van der Waals surface area contributed by atoms with Gasteiger partial charge in [-0.25, -0.2) is 4.79 Å². The van der Waals surface area contributed by atoms with Crippen LogP contribution in [-0.2, 0) is 18.7 Å². The second kappa shape index (κ2) is 4.12. The molecule has 2 atom stereocenters. The van der Waals surface area contributed by atoms with E-state index in [1.807, 2.05) is 0 Å². The Kier molecular flexibility index (Phi) is 3.81. The molecule has 11 heavy (non-hydrogen) atoms. The highest BCUT2D eigenvalue weighted by Crippen LogP contribution is 2.13. The molecule has 0 aliphatic carbocycles. The predicted molar refractivity (Wildman–Crippen MR) is 30.8 cm³/mol. The van der Waals surface area contributed by atoms with Crippen LogP contribution in [-0.4, -0.2) is 23.0 Å². The number of aliphatic carboxylic acids is 1. The van der Waals surface area contributed by atoms with E-state index in [-0.39, 0.29) is 0 Å². The minimum atomic E-state index is -3.18. The van der Waals surface area contributed by atoms with Crippen LogP contribution in [0.25, 0.3) is 0 Å². The lowest BCUT2D eigenvalue weighted by molar-refractivity contribution is -0.189. The van der Waals surface area contributed by atoms with Crippen LogP contribution >= 0.6 is 8.25 Å². The maximum absolute atomic E-state index is 10.4. The number of hydrogen-bond donors (Lipinski definition) is 1. The number of ketones is 1. The zero-order chi connectivity index (χ0) is 9.02. The lowest BCUT2D eigenvalue weighted by Crippen LogP contribution is -2.26. The maximum Gasteiger partial charge on any atom is 0.489 e. The summed E-state index contributed by atoms with van der Waals surface area (Å²) < 4.78 is 13.7. The van der Waals surface area contributed by atoms with Gasteiger partial charge in [-0.2, -0.15) is 0 Å². The Morgan fingerprint density at radius 2 is 2.09 bits per heavy atom. The number of carbonyl (C=O) groups excluding carboxylic acids is 1. The van der Waals surface area contributed by atoms with Crippen LogP contribution in [0.2, 0.25) is 0 Å². The molecule has 0 bridgehead atoms. The first kappa shape index (κ1) is 10.2. The second-order valence-corrected chi connectivity index (χ2v) is 2.30. The quantitative estimate of drug-likeness (QED) is 0.442. The van der Waals surface area contributed by atoms with E-state index in [0.717, 1.165) is 6.92 Å². The van der Waals surface area contributed by atoms with Crippen LogP contribution in [0.3, 0.4) is 0 Å². The van der Waals surface area contributed by atoms with Crippen molar-refractivity contribution in [2.75, 3.05) is 0 Å². The van der Waals surface area contributed by atoms with Gasteiger partial charge in [-0.05, 0) is 11.5 Å². The number of carbonyl (C=O) groups is 2. The third-order valence-electron chi connectivity index (χ3n) is 0.824. The number of Topliss-reactive ketones (excluding diaryl/α,β-unsaturated/α-hetero) is 1. The molecule has 0 amide bonds. The van der Waals surface area contributed by atoms with Crippen molar-refractivity contribution in [3.8, 4) is 0 Å². The molecule has 0 spiro atoms. The Labute approximate surface area is 62.7 Å². The molecule has 0 rings (SSSR count). The van der Waals surface area contributed by atoms with Crippen molar-refractivity contribution in [1.82, 2.24) is 0 Å². The standard InChI is InChI=1S/C4H5O6P/c1-2(10-11(8)9)3(5)4(6)7/h2H,1H3,(H,6,7). The van der Waals surface area contributed by atoms with Crippen LogP contribution < -0.4 is 4.89 Å². The predicted octanol–water partition coefficient (Wildman–Crippen LogP) is -0.937. The van der Waals surface area contributed by atoms with Crippen molar-refractivity contribution in [3.05, 3.63) is 0 Å². The van der Waals surface area contributed by atoms with Gasteiger partial charge < -0.3 is 10.00 Å². The molecule has 0 radical (unpaired) electrons. The van der Waals surface area contributed by atoms with Gasteiger partial charge in [0.25, 0.3) is 5.78 Å². The monoisotopic (exact) mass is 180 g/mol. The third kappa shape index (κ3) is 3.77. The molecule has 2 unspecified atom stereocenters. The van der Waals surface area contributed by atoms with Crippen molar-refractivity contribution in [2.45, 2.75) is 13.0 Å². The average molecular weight is 180 g/mol.